The van der Waals surface area contributed by atoms with Crippen LogP contribution in [0.15, 0.2) is 23.1 Å². The van der Waals surface area contributed by atoms with Gasteiger partial charge in [-0.15, -0.1) is 0 Å². The Morgan fingerprint density at radius 1 is 1.43 bits per heavy atom. The zero-order valence-electron chi connectivity index (χ0n) is 11.9. The zero-order chi connectivity index (χ0) is 16.0. The highest BCUT2D eigenvalue weighted by Gasteiger charge is 2.32. The molecule has 118 valence electrons. The van der Waals surface area contributed by atoms with Crippen LogP contribution in [0.1, 0.15) is 13.3 Å². The zero-order valence-corrected chi connectivity index (χ0v) is 12.8. The Hall–Kier alpha value is -1.71. The lowest BCUT2D eigenvalue weighted by Gasteiger charge is -2.20. The summed E-state index contributed by atoms with van der Waals surface area (Å²) in [5.41, 5.74) is -0.332. The lowest BCUT2D eigenvalue weighted by Crippen LogP contribution is -2.32. The summed E-state index contributed by atoms with van der Waals surface area (Å²) in [6, 6.07) is 4.11. The van der Waals surface area contributed by atoms with Gasteiger partial charge in [0.25, 0.3) is 0 Å². The summed E-state index contributed by atoms with van der Waals surface area (Å²) in [6.45, 7) is 1.77. The molecule has 21 heavy (non-hydrogen) atoms. The fraction of sp³-hybridized carbons (Fsp3) is 0.500. The van der Waals surface area contributed by atoms with E-state index in [4.69, 9.17) is 5.11 Å². The Morgan fingerprint density at radius 2 is 2.10 bits per heavy atom. The number of anilines is 1. The van der Waals surface area contributed by atoms with Crippen molar-refractivity contribution in [3.63, 3.8) is 0 Å². The predicted molar refractivity (Wildman–Crippen MR) is 78.8 cm³/mol. The van der Waals surface area contributed by atoms with Crippen LogP contribution in [0.25, 0.3) is 0 Å². The Bertz CT molecular complexity index is 603. The molecule has 1 aromatic rings. The highest BCUT2D eigenvalue weighted by atomic mass is 32.2. The molecule has 0 bridgehead atoms. The van der Waals surface area contributed by atoms with Crippen LogP contribution in [0.2, 0.25) is 0 Å². The van der Waals surface area contributed by atoms with Crippen molar-refractivity contribution in [2.75, 3.05) is 32.1 Å². The summed E-state index contributed by atoms with van der Waals surface area (Å²) in [4.78, 5) is 10.2. The standard InChI is InChI=1S/C12H19N3O5S/c1-3-14(8-5-9-16)21(19,20)11-7-4-6-10(13-2)12(11)15(17)18/h4,6-7,13,16H,3,5,8-9H2,1-2H3. The van der Waals surface area contributed by atoms with E-state index in [-0.39, 0.29) is 36.7 Å². The summed E-state index contributed by atoms with van der Waals surface area (Å²) in [5.74, 6) is 0. The molecule has 0 fully saturated rings. The van der Waals surface area contributed by atoms with Gasteiger partial charge in [0, 0.05) is 26.7 Å². The smallest absolute Gasteiger partial charge is 0.312 e. The average Bonchev–Trinajstić information content (AvgIpc) is 2.46. The van der Waals surface area contributed by atoms with Crippen molar-refractivity contribution in [1.82, 2.24) is 4.31 Å². The topological polar surface area (TPSA) is 113 Å². The third-order valence-electron chi connectivity index (χ3n) is 2.99. The Morgan fingerprint density at radius 3 is 2.57 bits per heavy atom. The average molecular weight is 317 g/mol. The number of hydrogen-bond acceptors (Lipinski definition) is 6. The second-order valence-corrected chi connectivity index (χ2v) is 6.14. The van der Waals surface area contributed by atoms with Crippen LogP contribution in [0, 0.1) is 10.1 Å². The van der Waals surface area contributed by atoms with E-state index < -0.39 is 20.6 Å². The first kappa shape index (κ1) is 17.3. The molecule has 0 spiro atoms. The summed E-state index contributed by atoms with van der Waals surface area (Å²) >= 11 is 0. The largest absolute Gasteiger partial charge is 0.396 e. The van der Waals surface area contributed by atoms with Gasteiger partial charge in [-0.3, -0.25) is 10.1 Å². The van der Waals surface area contributed by atoms with E-state index in [2.05, 4.69) is 5.32 Å². The molecule has 0 aromatic heterocycles. The lowest BCUT2D eigenvalue weighted by atomic mass is 10.3. The number of aliphatic hydroxyl groups is 1. The third-order valence-corrected chi connectivity index (χ3v) is 4.99. The second kappa shape index (κ2) is 7.34. The van der Waals surface area contributed by atoms with Gasteiger partial charge in [-0.1, -0.05) is 13.0 Å². The monoisotopic (exact) mass is 317 g/mol. The molecular weight excluding hydrogens is 298 g/mol. The molecule has 1 aromatic carbocycles. The van der Waals surface area contributed by atoms with Crippen molar-refractivity contribution in [2.45, 2.75) is 18.2 Å². The highest BCUT2D eigenvalue weighted by Crippen LogP contribution is 2.33. The lowest BCUT2D eigenvalue weighted by molar-refractivity contribution is -0.386. The molecular formula is C12H19N3O5S. The van der Waals surface area contributed by atoms with Gasteiger partial charge in [-0.05, 0) is 18.6 Å². The molecule has 0 saturated heterocycles. The molecule has 0 saturated carbocycles. The summed E-state index contributed by atoms with van der Waals surface area (Å²) in [6.07, 6.45) is 0.270. The van der Waals surface area contributed by atoms with Gasteiger partial charge in [0.2, 0.25) is 10.0 Å². The van der Waals surface area contributed by atoms with E-state index in [1.54, 1.807) is 6.92 Å². The van der Waals surface area contributed by atoms with Crippen LogP contribution in [-0.2, 0) is 10.0 Å². The van der Waals surface area contributed by atoms with Gasteiger partial charge in [0.1, 0.15) is 5.69 Å². The molecule has 0 unspecified atom stereocenters. The van der Waals surface area contributed by atoms with Gasteiger partial charge in [-0.2, -0.15) is 4.31 Å². The van der Waals surface area contributed by atoms with Gasteiger partial charge in [0.15, 0.2) is 4.90 Å². The van der Waals surface area contributed by atoms with E-state index in [0.717, 1.165) is 4.31 Å². The Balaban J connectivity index is 3.40. The van der Waals surface area contributed by atoms with Gasteiger partial charge in [-0.25, -0.2) is 8.42 Å². The van der Waals surface area contributed by atoms with Crippen LogP contribution < -0.4 is 5.32 Å². The molecule has 0 aliphatic rings. The van der Waals surface area contributed by atoms with Crippen LogP contribution in [0.4, 0.5) is 11.4 Å². The summed E-state index contributed by atoms with van der Waals surface area (Å²) in [5, 5.41) is 22.7. The van der Waals surface area contributed by atoms with Crippen molar-refractivity contribution < 1.29 is 18.4 Å². The first-order valence-corrected chi connectivity index (χ1v) is 7.90. The number of nitrogens with zero attached hydrogens (tertiary/aromatic N) is 2. The number of sulfonamides is 1. The normalized spacial score (nSPS) is 11.6. The number of hydrogen-bond donors (Lipinski definition) is 2. The maximum atomic E-state index is 12.6. The molecule has 9 heteroatoms. The van der Waals surface area contributed by atoms with Crippen molar-refractivity contribution >= 4 is 21.4 Å². The SMILES string of the molecule is CCN(CCCO)S(=O)(=O)c1cccc(NC)c1[N+](=O)[O-]. The van der Waals surface area contributed by atoms with Gasteiger partial charge in [0.05, 0.1) is 4.92 Å². The molecule has 1 rings (SSSR count). The minimum Gasteiger partial charge on any atom is -0.396 e. The van der Waals surface area contributed by atoms with E-state index >= 15 is 0 Å². The number of rotatable bonds is 8. The molecule has 0 radical (unpaired) electrons. The molecule has 0 aliphatic carbocycles. The predicted octanol–water partition coefficient (Wildman–Crippen LogP) is 1.03. The van der Waals surface area contributed by atoms with Crippen LogP contribution >= 0.6 is 0 Å². The second-order valence-electron chi connectivity index (χ2n) is 4.23. The summed E-state index contributed by atoms with van der Waals surface area (Å²) < 4.78 is 26.3. The quantitative estimate of drug-likeness (QED) is 0.547. The third kappa shape index (κ3) is 3.69. The van der Waals surface area contributed by atoms with Crippen LogP contribution in [-0.4, -0.2) is 49.5 Å². The van der Waals surface area contributed by atoms with Crippen molar-refractivity contribution in [3.05, 3.63) is 28.3 Å². The molecule has 0 aliphatic heterocycles. The van der Waals surface area contributed by atoms with E-state index in [9.17, 15) is 18.5 Å². The Kier molecular flexibility index (Phi) is 6.06. The van der Waals surface area contributed by atoms with Gasteiger partial charge < -0.3 is 10.4 Å². The molecule has 0 heterocycles. The van der Waals surface area contributed by atoms with Crippen LogP contribution in [0.5, 0.6) is 0 Å². The number of para-hydroxylation sites is 1. The first-order chi connectivity index (χ1) is 9.89. The molecule has 0 atom stereocenters. The van der Waals surface area contributed by atoms with E-state index in [0.29, 0.717) is 0 Å². The molecule has 0 amide bonds. The van der Waals surface area contributed by atoms with E-state index in [1.807, 2.05) is 0 Å². The van der Waals surface area contributed by atoms with Crippen molar-refractivity contribution in [1.29, 1.82) is 0 Å². The minimum absolute atomic E-state index is 0.107. The van der Waals surface area contributed by atoms with Gasteiger partial charge >= 0.3 is 5.69 Å². The minimum atomic E-state index is -3.99. The number of nitro groups is 1. The maximum Gasteiger partial charge on any atom is 0.312 e. The summed E-state index contributed by atoms with van der Waals surface area (Å²) in [7, 11) is -2.50. The van der Waals surface area contributed by atoms with Crippen molar-refractivity contribution in [3.8, 4) is 0 Å². The fourth-order valence-electron chi connectivity index (χ4n) is 1.95. The number of aliphatic hydroxyl groups excluding tert-OH is 1. The number of nitro benzene ring substituents is 1. The Labute approximate surface area is 123 Å². The fourth-order valence-corrected chi connectivity index (χ4v) is 3.62. The number of benzene rings is 1. The molecule has 8 nitrogen and oxygen atoms in total. The van der Waals surface area contributed by atoms with Crippen molar-refractivity contribution in [2.24, 2.45) is 0 Å². The van der Waals surface area contributed by atoms with Crippen LogP contribution in [0.3, 0.4) is 0 Å². The van der Waals surface area contributed by atoms with E-state index in [1.165, 1.54) is 25.2 Å². The first-order valence-electron chi connectivity index (χ1n) is 6.46. The maximum absolute atomic E-state index is 12.6. The highest BCUT2D eigenvalue weighted by molar-refractivity contribution is 7.89. The number of nitrogens with one attached hydrogen (secondary N) is 1. The molecule has 2 N–H and O–H groups in total.